The molecule has 0 spiro atoms. The summed E-state index contributed by atoms with van der Waals surface area (Å²) < 4.78 is 6.84. The van der Waals surface area contributed by atoms with E-state index in [4.69, 9.17) is 4.74 Å². The van der Waals surface area contributed by atoms with Gasteiger partial charge in [0, 0.05) is 17.6 Å². The van der Waals surface area contributed by atoms with Crippen molar-refractivity contribution in [2.75, 3.05) is 13.2 Å². The summed E-state index contributed by atoms with van der Waals surface area (Å²) in [7, 11) is 0. The number of nitrogens with one attached hydrogen (secondary N) is 1. The van der Waals surface area contributed by atoms with Crippen LogP contribution in [0.1, 0.15) is 43.0 Å². The molecule has 0 unspecified atom stereocenters. The van der Waals surface area contributed by atoms with Gasteiger partial charge in [-0.15, -0.1) is 0 Å². The molecule has 168 valence electrons. The molecule has 0 saturated heterocycles. The summed E-state index contributed by atoms with van der Waals surface area (Å²) in [5.74, 6) is 0.584. The minimum Gasteiger partial charge on any atom is -0.484 e. The zero-order valence-corrected chi connectivity index (χ0v) is 20.9. The van der Waals surface area contributed by atoms with E-state index >= 15 is 0 Å². The van der Waals surface area contributed by atoms with E-state index < -0.39 is 6.04 Å². The Balaban J connectivity index is 2.17. The van der Waals surface area contributed by atoms with Gasteiger partial charge in [-0.05, 0) is 62.4 Å². The van der Waals surface area contributed by atoms with Crippen LogP contribution in [0.4, 0.5) is 0 Å². The number of carbonyl (C=O) groups excluding carboxylic acids is 2. The molecular formula is C25H33BrN2O3. The maximum atomic E-state index is 13.1. The minimum atomic E-state index is -0.608. The quantitative estimate of drug-likeness (QED) is 0.543. The smallest absolute Gasteiger partial charge is 0.261 e. The molecule has 0 radical (unpaired) electrons. The predicted molar refractivity (Wildman–Crippen MR) is 128 cm³/mol. The highest BCUT2D eigenvalue weighted by Gasteiger charge is 2.26. The van der Waals surface area contributed by atoms with Crippen LogP contribution in [0.5, 0.6) is 5.75 Å². The second-order valence-electron chi connectivity index (χ2n) is 8.49. The monoisotopic (exact) mass is 488 g/mol. The van der Waals surface area contributed by atoms with Gasteiger partial charge >= 0.3 is 0 Å². The van der Waals surface area contributed by atoms with E-state index in [0.29, 0.717) is 24.8 Å². The van der Waals surface area contributed by atoms with Crippen molar-refractivity contribution in [3.8, 4) is 5.75 Å². The molecule has 2 aromatic carbocycles. The largest absolute Gasteiger partial charge is 0.484 e. The number of ether oxygens (including phenoxy) is 1. The van der Waals surface area contributed by atoms with Gasteiger partial charge < -0.3 is 15.0 Å². The summed E-state index contributed by atoms with van der Waals surface area (Å²) in [5, 5.41) is 2.93. The number of hydrogen-bond donors (Lipinski definition) is 1. The van der Waals surface area contributed by atoms with Crippen molar-refractivity contribution in [3.63, 3.8) is 0 Å². The van der Waals surface area contributed by atoms with Crippen molar-refractivity contribution >= 4 is 27.7 Å². The summed E-state index contributed by atoms with van der Waals surface area (Å²) in [4.78, 5) is 27.4. The summed E-state index contributed by atoms with van der Waals surface area (Å²) in [6.45, 7) is 12.6. The normalized spacial score (nSPS) is 11.9. The minimum absolute atomic E-state index is 0.131. The number of carbonyl (C=O) groups is 2. The van der Waals surface area contributed by atoms with Crippen LogP contribution in [0.2, 0.25) is 0 Å². The highest BCUT2D eigenvalue weighted by molar-refractivity contribution is 9.10. The standard InChI is InChI=1S/C25H33BrN2O3/c1-16(2)13-27-25(30)20(6)28(14-21-9-7-8-17(3)10-21)23(29)15-31-22-11-18(4)24(26)19(5)12-22/h7-12,16,20H,13-15H2,1-6H3,(H,27,30)/t20-/m0/s1. The average molecular weight is 489 g/mol. The van der Waals surface area contributed by atoms with Crippen LogP contribution in [-0.4, -0.2) is 35.9 Å². The molecule has 5 nitrogen and oxygen atoms in total. The third-order valence-electron chi connectivity index (χ3n) is 5.06. The first-order valence-corrected chi connectivity index (χ1v) is 11.4. The maximum absolute atomic E-state index is 13.1. The number of rotatable bonds is 9. The lowest BCUT2D eigenvalue weighted by molar-refractivity contribution is -0.142. The Morgan fingerprint density at radius 3 is 2.29 bits per heavy atom. The van der Waals surface area contributed by atoms with Crippen LogP contribution in [0.15, 0.2) is 40.9 Å². The molecule has 2 aromatic rings. The van der Waals surface area contributed by atoms with Crippen LogP contribution in [-0.2, 0) is 16.1 Å². The lowest BCUT2D eigenvalue weighted by atomic mass is 10.1. The Kier molecular flexibility index (Phi) is 9.11. The number of benzene rings is 2. The van der Waals surface area contributed by atoms with Crippen molar-refractivity contribution in [1.29, 1.82) is 0 Å². The second-order valence-corrected chi connectivity index (χ2v) is 9.28. The fourth-order valence-electron chi connectivity index (χ4n) is 3.26. The van der Waals surface area contributed by atoms with Crippen LogP contribution >= 0.6 is 15.9 Å². The SMILES string of the molecule is Cc1cccc(CN(C(=O)COc2cc(C)c(Br)c(C)c2)[C@@H](C)C(=O)NCC(C)C)c1. The second kappa shape index (κ2) is 11.3. The van der Waals surface area contributed by atoms with Crippen LogP contribution in [0.25, 0.3) is 0 Å². The van der Waals surface area contributed by atoms with E-state index in [9.17, 15) is 9.59 Å². The molecule has 0 bridgehead atoms. The number of halogens is 1. The van der Waals surface area contributed by atoms with Gasteiger partial charge in [0.15, 0.2) is 6.61 Å². The zero-order chi connectivity index (χ0) is 23.1. The van der Waals surface area contributed by atoms with E-state index in [1.807, 2.05) is 71.0 Å². The van der Waals surface area contributed by atoms with Gasteiger partial charge in [-0.25, -0.2) is 0 Å². The highest BCUT2D eigenvalue weighted by atomic mass is 79.9. The van der Waals surface area contributed by atoms with E-state index in [1.165, 1.54) is 0 Å². The van der Waals surface area contributed by atoms with Crippen LogP contribution in [0, 0.1) is 26.7 Å². The third kappa shape index (κ3) is 7.39. The lowest BCUT2D eigenvalue weighted by Gasteiger charge is -2.29. The average Bonchev–Trinajstić information content (AvgIpc) is 2.71. The number of aryl methyl sites for hydroxylation is 3. The van der Waals surface area contributed by atoms with Gasteiger partial charge in [-0.1, -0.05) is 59.6 Å². The van der Waals surface area contributed by atoms with E-state index in [2.05, 4.69) is 21.2 Å². The van der Waals surface area contributed by atoms with Gasteiger partial charge in [0.2, 0.25) is 5.91 Å². The first-order valence-electron chi connectivity index (χ1n) is 10.6. The zero-order valence-electron chi connectivity index (χ0n) is 19.3. The fraction of sp³-hybridized carbons (Fsp3) is 0.440. The molecule has 0 fully saturated rings. The van der Waals surface area contributed by atoms with Crippen molar-refractivity contribution < 1.29 is 14.3 Å². The van der Waals surface area contributed by atoms with Crippen LogP contribution in [0.3, 0.4) is 0 Å². The van der Waals surface area contributed by atoms with Gasteiger partial charge in [0.25, 0.3) is 5.91 Å². The molecule has 1 N–H and O–H groups in total. The van der Waals surface area contributed by atoms with Crippen molar-refractivity contribution in [3.05, 3.63) is 63.1 Å². The summed E-state index contributed by atoms with van der Waals surface area (Å²) in [6, 6.07) is 11.2. The Labute approximate surface area is 194 Å². The van der Waals surface area contributed by atoms with Crippen molar-refractivity contribution in [1.82, 2.24) is 10.2 Å². The summed E-state index contributed by atoms with van der Waals surface area (Å²) >= 11 is 3.54. The Morgan fingerprint density at radius 2 is 1.71 bits per heavy atom. The predicted octanol–water partition coefficient (Wildman–Crippen LogP) is 4.94. The first-order chi connectivity index (χ1) is 14.6. The molecular weight excluding hydrogens is 456 g/mol. The molecule has 0 aliphatic heterocycles. The van der Waals surface area contributed by atoms with Gasteiger partial charge in [-0.3, -0.25) is 9.59 Å². The Bertz CT molecular complexity index is 904. The molecule has 0 saturated carbocycles. The molecule has 6 heteroatoms. The maximum Gasteiger partial charge on any atom is 0.261 e. The molecule has 2 amide bonds. The molecule has 0 aromatic heterocycles. The highest BCUT2D eigenvalue weighted by Crippen LogP contribution is 2.26. The van der Waals surface area contributed by atoms with Gasteiger partial charge in [0.05, 0.1) is 0 Å². The van der Waals surface area contributed by atoms with Gasteiger partial charge in [-0.2, -0.15) is 0 Å². The van der Waals surface area contributed by atoms with Crippen molar-refractivity contribution in [2.45, 2.75) is 54.1 Å². The van der Waals surface area contributed by atoms with E-state index in [-0.39, 0.29) is 18.4 Å². The number of nitrogens with zero attached hydrogens (tertiary/aromatic N) is 1. The summed E-state index contributed by atoms with van der Waals surface area (Å²) in [6.07, 6.45) is 0. The molecule has 0 heterocycles. The number of amides is 2. The van der Waals surface area contributed by atoms with Gasteiger partial charge in [0.1, 0.15) is 11.8 Å². The van der Waals surface area contributed by atoms with Crippen molar-refractivity contribution in [2.24, 2.45) is 5.92 Å². The van der Waals surface area contributed by atoms with Crippen LogP contribution < -0.4 is 10.1 Å². The van der Waals surface area contributed by atoms with E-state index in [0.717, 1.165) is 26.7 Å². The topological polar surface area (TPSA) is 58.6 Å². The third-order valence-corrected chi connectivity index (χ3v) is 6.31. The molecule has 1 atom stereocenters. The Hall–Kier alpha value is -2.34. The molecule has 2 rings (SSSR count). The van der Waals surface area contributed by atoms with E-state index in [1.54, 1.807) is 11.8 Å². The molecule has 31 heavy (non-hydrogen) atoms. The Morgan fingerprint density at radius 1 is 1.06 bits per heavy atom. The first kappa shape index (κ1) is 24.9. The number of hydrogen-bond acceptors (Lipinski definition) is 3. The lowest BCUT2D eigenvalue weighted by Crippen LogP contribution is -2.49. The molecule has 0 aliphatic rings. The fourth-order valence-corrected chi connectivity index (χ4v) is 3.49. The summed E-state index contributed by atoms with van der Waals surface area (Å²) in [5.41, 5.74) is 4.17. The molecule has 0 aliphatic carbocycles.